The summed E-state index contributed by atoms with van der Waals surface area (Å²) in [5, 5.41) is 8.39. The summed E-state index contributed by atoms with van der Waals surface area (Å²) >= 11 is 1.58. The van der Waals surface area contributed by atoms with Crippen molar-refractivity contribution in [3.8, 4) is 0 Å². The van der Waals surface area contributed by atoms with Crippen LogP contribution in [0.15, 0.2) is 5.38 Å². The highest BCUT2D eigenvalue weighted by atomic mass is 32.1. The number of hydrogen-bond acceptors (Lipinski definition) is 5. The number of Topliss-reactive ketones (excluding diaryl/α,β-unsaturated/α-hetero) is 1. The summed E-state index contributed by atoms with van der Waals surface area (Å²) < 4.78 is 0. The number of urea groups is 1. The number of rotatable bonds is 9. The van der Waals surface area contributed by atoms with E-state index in [0.29, 0.717) is 31.8 Å². The lowest BCUT2D eigenvalue weighted by Gasteiger charge is -2.22. The van der Waals surface area contributed by atoms with Crippen molar-refractivity contribution in [2.75, 3.05) is 13.6 Å². The van der Waals surface area contributed by atoms with E-state index >= 15 is 0 Å². The molecule has 0 aliphatic rings. The molecule has 0 aliphatic carbocycles. The summed E-state index contributed by atoms with van der Waals surface area (Å²) in [6.45, 7) is 8.06. The van der Waals surface area contributed by atoms with E-state index in [9.17, 15) is 14.4 Å². The normalized spacial score (nSPS) is 11.9. The second-order valence-corrected chi connectivity index (χ2v) is 7.17. The van der Waals surface area contributed by atoms with Gasteiger partial charge in [-0.25, -0.2) is 9.78 Å². The first kappa shape index (κ1) is 21.1. The third-order valence-electron chi connectivity index (χ3n) is 3.65. The molecule has 0 radical (unpaired) electrons. The van der Waals surface area contributed by atoms with Gasteiger partial charge in [0.1, 0.15) is 0 Å². The van der Waals surface area contributed by atoms with Crippen LogP contribution in [0.2, 0.25) is 0 Å². The van der Waals surface area contributed by atoms with Crippen molar-refractivity contribution in [3.05, 3.63) is 16.1 Å². The number of nitrogens with zero attached hydrogens (tertiary/aromatic N) is 2. The van der Waals surface area contributed by atoms with Gasteiger partial charge >= 0.3 is 6.03 Å². The number of carbonyl (C=O) groups excluding carboxylic acids is 3. The fourth-order valence-corrected chi connectivity index (χ4v) is 3.01. The minimum atomic E-state index is -0.603. The van der Waals surface area contributed by atoms with E-state index in [1.807, 2.05) is 5.38 Å². The number of thiazole rings is 1. The molecule has 0 spiro atoms. The molecule has 1 unspecified atom stereocenters. The first-order valence-electron chi connectivity index (χ1n) is 8.47. The molecule has 1 atom stereocenters. The van der Waals surface area contributed by atoms with Gasteiger partial charge in [-0.3, -0.25) is 9.59 Å². The van der Waals surface area contributed by atoms with Crippen molar-refractivity contribution in [3.63, 3.8) is 0 Å². The van der Waals surface area contributed by atoms with Crippen molar-refractivity contribution in [1.82, 2.24) is 20.5 Å². The summed E-state index contributed by atoms with van der Waals surface area (Å²) in [6, 6.07) is -0.929. The molecule has 1 aromatic heterocycles. The molecule has 0 saturated heterocycles. The van der Waals surface area contributed by atoms with Gasteiger partial charge in [-0.1, -0.05) is 20.8 Å². The van der Waals surface area contributed by atoms with Gasteiger partial charge in [0.15, 0.2) is 5.78 Å². The average molecular weight is 369 g/mol. The molecule has 2 N–H and O–H groups in total. The Kier molecular flexibility index (Phi) is 8.54. The summed E-state index contributed by atoms with van der Waals surface area (Å²) in [5.74, 6) is 0.150. The van der Waals surface area contributed by atoms with E-state index in [1.54, 1.807) is 25.3 Å². The Morgan fingerprint density at radius 3 is 2.52 bits per heavy atom. The van der Waals surface area contributed by atoms with E-state index in [4.69, 9.17) is 0 Å². The van der Waals surface area contributed by atoms with Crippen LogP contribution in [0.1, 0.15) is 57.2 Å². The zero-order chi connectivity index (χ0) is 19.0. The molecule has 140 valence electrons. The second kappa shape index (κ2) is 10.1. The standard InChI is InChI=1S/C17H28N4O3S/c1-6-15(23)14(7-8-18-12(4)22)20-17(24)21(5)9-13-10-25-16(19-13)11(2)3/h10-11,14H,6-9H2,1-5H3,(H,18,22)(H,20,24). The number of carbonyl (C=O) groups is 3. The van der Waals surface area contributed by atoms with Crippen molar-refractivity contribution in [1.29, 1.82) is 0 Å². The minimum absolute atomic E-state index is 0.0529. The summed E-state index contributed by atoms with van der Waals surface area (Å²) in [5.41, 5.74) is 0.836. The maximum atomic E-state index is 12.4. The van der Waals surface area contributed by atoms with E-state index in [2.05, 4.69) is 29.5 Å². The fraction of sp³-hybridized carbons (Fsp3) is 0.647. The Bertz CT molecular complexity index is 600. The third kappa shape index (κ3) is 7.21. The highest BCUT2D eigenvalue weighted by molar-refractivity contribution is 7.09. The Balaban J connectivity index is 2.61. The van der Waals surface area contributed by atoms with Crippen LogP contribution < -0.4 is 10.6 Å². The highest BCUT2D eigenvalue weighted by Crippen LogP contribution is 2.19. The molecule has 0 aliphatic heterocycles. The molecular formula is C17H28N4O3S. The quantitative estimate of drug-likeness (QED) is 0.699. The molecule has 0 bridgehead atoms. The number of hydrogen-bond donors (Lipinski definition) is 2. The van der Waals surface area contributed by atoms with Crippen molar-refractivity contribution in [2.45, 2.75) is 59.0 Å². The Hall–Kier alpha value is -1.96. The summed E-state index contributed by atoms with van der Waals surface area (Å²) in [6.07, 6.45) is 0.707. The van der Waals surface area contributed by atoms with Gasteiger partial charge in [0, 0.05) is 38.2 Å². The molecule has 0 saturated carbocycles. The number of nitrogens with one attached hydrogen (secondary N) is 2. The summed E-state index contributed by atoms with van der Waals surface area (Å²) in [7, 11) is 1.67. The molecule has 0 aromatic carbocycles. The van der Waals surface area contributed by atoms with Crippen LogP contribution in [0.4, 0.5) is 4.79 Å². The molecule has 3 amide bonds. The van der Waals surface area contributed by atoms with Crippen molar-refractivity contribution in [2.24, 2.45) is 0 Å². The van der Waals surface area contributed by atoms with E-state index in [1.165, 1.54) is 11.8 Å². The van der Waals surface area contributed by atoms with Crippen LogP contribution in [0, 0.1) is 0 Å². The maximum absolute atomic E-state index is 12.4. The smallest absolute Gasteiger partial charge is 0.318 e. The van der Waals surface area contributed by atoms with Gasteiger partial charge in [-0.2, -0.15) is 0 Å². The van der Waals surface area contributed by atoms with Gasteiger partial charge < -0.3 is 15.5 Å². The van der Waals surface area contributed by atoms with Gasteiger partial charge in [-0.05, 0) is 6.42 Å². The lowest BCUT2D eigenvalue weighted by molar-refractivity contribution is -0.121. The van der Waals surface area contributed by atoms with Crippen LogP contribution in [0.5, 0.6) is 0 Å². The molecule has 25 heavy (non-hydrogen) atoms. The summed E-state index contributed by atoms with van der Waals surface area (Å²) in [4.78, 5) is 41.4. The van der Waals surface area contributed by atoms with Crippen molar-refractivity contribution < 1.29 is 14.4 Å². The van der Waals surface area contributed by atoms with Crippen LogP contribution in [-0.2, 0) is 16.1 Å². The van der Waals surface area contributed by atoms with Gasteiger partial charge in [-0.15, -0.1) is 11.3 Å². The minimum Gasteiger partial charge on any atom is -0.356 e. The predicted octanol–water partition coefficient (Wildman–Crippen LogP) is 2.28. The van der Waals surface area contributed by atoms with E-state index < -0.39 is 6.04 Å². The lowest BCUT2D eigenvalue weighted by atomic mass is 10.1. The predicted molar refractivity (Wildman–Crippen MR) is 98.6 cm³/mol. The molecule has 8 heteroatoms. The van der Waals surface area contributed by atoms with Crippen LogP contribution in [0.25, 0.3) is 0 Å². The number of ketones is 1. The van der Waals surface area contributed by atoms with E-state index in [-0.39, 0.29) is 17.7 Å². The Morgan fingerprint density at radius 2 is 2.00 bits per heavy atom. The molecule has 1 aromatic rings. The molecular weight excluding hydrogens is 340 g/mol. The first-order chi connectivity index (χ1) is 11.7. The molecule has 1 rings (SSSR count). The molecule has 7 nitrogen and oxygen atoms in total. The maximum Gasteiger partial charge on any atom is 0.318 e. The number of aromatic nitrogens is 1. The van der Waals surface area contributed by atoms with Gasteiger partial charge in [0.05, 0.1) is 23.3 Å². The third-order valence-corrected chi connectivity index (χ3v) is 4.85. The molecule has 0 fully saturated rings. The first-order valence-corrected chi connectivity index (χ1v) is 9.35. The average Bonchev–Trinajstić information content (AvgIpc) is 3.01. The largest absolute Gasteiger partial charge is 0.356 e. The monoisotopic (exact) mass is 368 g/mol. The number of amides is 3. The Labute approximate surface area is 153 Å². The topological polar surface area (TPSA) is 91.4 Å². The van der Waals surface area contributed by atoms with Crippen LogP contribution in [-0.4, -0.2) is 47.2 Å². The zero-order valence-electron chi connectivity index (χ0n) is 15.6. The van der Waals surface area contributed by atoms with Crippen molar-refractivity contribution >= 4 is 29.1 Å². The van der Waals surface area contributed by atoms with Gasteiger partial charge in [0.25, 0.3) is 0 Å². The Morgan fingerprint density at radius 1 is 1.32 bits per heavy atom. The van der Waals surface area contributed by atoms with Crippen LogP contribution in [0.3, 0.4) is 0 Å². The molecule has 1 heterocycles. The fourth-order valence-electron chi connectivity index (χ4n) is 2.19. The SMILES string of the molecule is CCC(=O)C(CCNC(C)=O)NC(=O)N(C)Cc1csc(C(C)C)n1. The lowest BCUT2D eigenvalue weighted by Crippen LogP contribution is -2.47. The van der Waals surface area contributed by atoms with Crippen LogP contribution >= 0.6 is 11.3 Å². The highest BCUT2D eigenvalue weighted by Gasteiger charge is 2.21. The van der Waals surface area contributed by atoms with E-state index in [0.717, 1.165) is 10.7 Å². The van der Waals surface area contributed by atoms with Gasteiger partial charge in [0.2, 0.25) is 5.91 Å². The zero-order valence-corrected chi connectivity index (χ0v) is 16.4. The second-order valence-electron chi connectivity index (χ2n) is 6.28.